The summed E-state index contributed by atoms with van der Waals surface area (Å²) in [6.45, 7) is 0. The third kappa shape index (κ3) is 1.67. The van der Waals surface area contributed by atoms with Crippen LogP contribution >= 0.6 is 11.8 Å². The predicted octanol–water partition coefficient (Wildman–Crippen LogP) is -0.613. The summed E-state index contributed by atoms with van der Waals surface area (Å²) in [4.78, 5) is 3.86. The van der Waals surface area contributed by atoms with E-state index in [1.54, 1.807) is 0 Å². The molecule has 3 nitrogen and oxygen atoms in total. The number of nitrogens with zero attached hydrogens (tertiary/aromatic N) is 3. The van der Waals surface area contributed by atoms with Crippen LogP contribution in [0.15, 0.2) is 11.4 Å². The van der Waals surface area contributed by atoms with Gasteiger partial charge in [0.15, 0.2) is 0 Å². The summed E-state index contributed by atoms with van der Waals surface area (Å²) < 4.78 is 0. The lowest BCUT2D eigenvalue weighted by Crippen LogP contribution is -2.10. The Kier molecular flexibility index (Phi) is 2.05. The molecule has 1 aromatic rings. The van der Waals surface area contributed by atoms with Crippen LogP contribution in [0.2, 0.25) is 0 Å². The Morgan fingerprint density at radius 1 is 1.67 bits per heavy atom. The van der Waals surface area contributed by atoms with E-state index in [0.717, 1.165) is 0 Å². The second kappa shape index (κ2) is 2.82. The quantitative estimate of drug-likeness (QED) is 0.382. The van der Waals surface area contributed by atoms with Crippen molar-refractivity contribution >= 4 is 25.2 Å². The first-order valence-electron chi connectivity index (χ1n) is 2.32. The highest BCUT2D eigenvalue weighted by molar-refractivity contribution is 7.98. The van der Waals surface area contributed by atoms with Crippen molar-refractivity contribution in [3.63, 3.8) is 0 Å². The molecule has 0 aliphatic carbocycles. The van der Waals surface area contributed by atoms with Crippen molar-refractivity contribution in [2.45, 2.75) is 5.16 Å². The van der Waals surface area contributed by atoms with Gasteiger partial charge in [0.2, 0.25) is 5.16 Å². The highest BCUT2D eigenvalue weighted by Gasteiger charge is 1.91. The van der Waals surface area contributed by atoms with Gasteiger partial charge in [0, 0.05) is 5.59 Å². The van der Waals surface area contributed by atoms with Crippen LogP contribution < -0.4 is 5.59 Å². The van der Waals surface area contributed by atoms with Crippen molar-refractivity contribution in [1.29, 1.82) is 0 Å². The molecule has 2 radical (unpaired) electrons. The van der Waals surface area contributed by atoms with Crippen molar-refractivity contribution in [2.75, 3.05) is 6.26 Å². The summed E-state index contributed by atoms with van der Waals surface area (Å²) in [5.41, 5.74) is 0.411. The number of aromatic nitrogens is 3. The van der Waals surface area contributed by atoms with Crippen LogP contribution in [-0.2, 0) is 0 Å². The third-order valence-electron chi connectivity index (χ3n) is 0.741. The first kappa shape index (κ1) is 6.54. The van der Waals surface area contributed by atoms with Crippen molar-refractivity contribution in [3.8, 4) is 0 Å². The molecule has 0 amide bonds. The Hall–Kier alpha value is -0.575. The first-order chi connectivity index (χ1) is 4.33. The maximum atomic E-state index is 5.31. The molecule has 0 N–H and O–H groups in total. The maximum absolute atomic E-state index is 5.31. The molecule has 5 heteroatoms. The normalized spacial score (nSPS) is 9.44. The van der Waals surface area contributed by atoms with Gasteiger partial charge < -0.3 is 0 Å². The SMILES string of the molecule is [B]c1cnnc(SC)n1. The highest BCUT2D eigenvalue weighted by Crippen LogP contribution is 2.01. The lowest BCUT2D eigenvalue weighted by Gasteiger charge is -1.91. The Morgan fingerprint density at radius 3 is 2.89 bits per heavy atom. The van der Waals surface area contributed by atoms with E-state index in [2.05, 4.69) is 15.2 Å². The zero-order chi connectivity index (χ0) is 6.69. The minimum atomic E-state index is 0.411. The van der Waals surface area contributed by atoms with Gasteiger partial charge in [-0.2, -0.15) is 5.10 Å². The lowest BCUT2D eigenvalue weighted by molar-refractivity contribution is 0.856. The molecular weight excluding hydrogens is 133 g/mol. The number of hydrogen-bond acceptors (Lipinski definition) is 4. The summed E-state index contributed by atoms with van der Waals surface area (Å²) in [5.74, 6) is 0. The molecular formula is C4H4BN3S. The smallest absolute Gasteiger partial charge is 0.208 e. The van der Waals surface area contributed by atoms with Gasteiger partial charge in [-0.1, -0.05) is 11.8 Å². The van der Waals surface area contributed by atoms with Crippen molar-refractivity contribution < 1.29 is 0 Å². The monoisotopic (exact) mass is 137 g/mol. The summed E-state index contributed by atoms with van der Waals surface area (Å²) in [6, 6.07) is 0. The van der Waals surface area contributed by atoms with E-state index in [1.165, 1.54) is 18.0 Å². The molecule has 0 aliphatic rings. The summed E-state index contributed by atoms with van der Waals surface area (Å²) in [6.07, 6.45) is 3.29. The van der Waals surface area contributed by atoms with E-state index in [9.17, 15) is 0 Å². The second-order valence-electron chi connectivity index (χ2n) is 1.37. The van der Waals surface area contributed by atoms with Gasteiger partial charge in [-0.05, 0) is 6.26 Å². The summed E-state index contributed by atoms with van der Waals surface area (Å²) >= 11 is 1.42. The van der Waals surface area contributed by atoms with Crippen molar-refractivity contribution in [3.05, 3.63) is 6.20 Å². The Balaban J connectivity index is 2.94. The van der Waals surface area contributed by atoms with E-state index in [1.807, 2.05) is 6.26 Å². The van der Waals surface area contributed by atoms with E-state index in [0.29, 0.717) is 10.7 Å². The Bertz CT molecular complexity index is 205. The van der Waals surface area contributed by atoms with Crippen molar-refractivity contribution in [1.82, 2.24) is 15.2 Å². The predicted molar refractivity (Wildman–Crippen MR) is 37.0 cm³/mol. The molecule has 0 unspecified atom stereocenters. The molecule has 1 aromatic heterocycles. The minimum absolute atomic E-state index is 0.411. The molecule has 0 bridgehead atoms. The van der Waals surface area contributed by atoms with Gasteiger partial charge >= 0.3 is 0 Å². The molecule has 0 spiro atoms. The van der Waals surface area contributed by atoms with E-state index >= 15 is 0 Å². The van der Waals surface area contributed by atoms with Crippen LogP contribution in [0.4, 0.5) is 0 Å². The molecule has 0 fully saturated rings. The van der Waals surface area contributed by atoms with Crippen molar-refractivity contribution in [2.24, 2.45) is 0 Å². The van der Waals surface area contributed by atoms with E-state index in [-0.39, 0.29) is 0 Å². The standard InChI is InChI=1S/C4H4BN3S/c1-9-4-7-3(5)2-6-8-4/h2H,1H3. The first-order valence-corrected chi connectivity index (χ1v) is 3.54. The molecule has 0 atom stereocenters. The van der Waals surface area contributed by atoms with Crippen LogP contribution in [0.25, 0.3) is 0 Å². The van der Waals surface area contributed by atoms with E-state index < -0.39 is 0 Å². The highest BCUT2D eigenvalue weighted by atomic mass is 32.2. The molecule has 0 aliphatic heterocycles. The zero-order valence-electron chi connectivity index (χ0n) is 4.90. The summed E-state index contributed by atoms with van der Waals surface area (Å²) in [5, 5.41) is 7.88. The average molecular weight is 137 g/mol. The minimum Gasteiger partial charge on any atom is -0.236 e. The van der Waals surface area contributed by atoms with Gasteiger partial charge in [0.05, 0.1) is 6.20 Å². The lowest BCUT2D eigenvalue weighted by atomic mass is 10.1. The zero-order valence-corrected chi connectivity index (χ0v) is 5.72. The fourth-order valence-corrected chi connectivity index (χ4v) is 0.711. The Labute approximate surface area is 58.7 Å². The molecule has 44 valence electrons. The van der Waals surface area contributed by atoms with Crippen LogP contribution in [0, 0.1) is 0 Å². The number of rotatable bonds is 1. The molecule has 0 saturated heterocycles. The average Bonchev–Trinajstić information content (AvgIpc) is 1.88. The third-order valence-corrected chi connectivity index (χ3v) is 1.28. The second-order valence-corrected chi connectivity index (χ2v) is 2.14. The van der Waals surface area contributed by atoms with Crippen LogP contribution in [0.3, 0.4) is 0 Å². The van der Waals surface area contributed by atoms with Gasteiger partial charge in [0.25, 0.3) is 0 Å². The van der Waals surface area contributed by atoms with Gasteiger partial charge in [-0.25, -0.2) is 4.98 Å². The summed E-state index contributed by atoms with van der Waals surface area (Å²) in [7, 11) is 5.31. The van der Waals surface area contributed by atoms with Crippen LogP contribution in [0.5, 0.6) is 0 Å². The van der Waals surface area contributed by atoms with E-state index in [4.69, 9.17) is 7.85 Å². The maximum Gasteiger partial charge on any atom is 0.208 e. The number of hydrogen-bond donors (Lipinski definition) is 0. The molecule has 1 heterocycles. The van der Waals surface area contributed by atoms with Gasteiger partial charge in [0.1, 0.15) is 7.85 Å². The molecule has 0 aromatic carbocycles. The van der Waals surface area contributed by atoms with Crippen LogP contribution in [-0.4, -0.2) is 29.3 Å². The number of thioether (sulfide) groups is 1. The molecule has 0 saturated carbocycles. The van der Waals surface area contributed by atoms with Crippen LogP contribution in [0.1, 0.15) is 0 Å². The fraction of sp³-hybridized carbons (Fsp3) is 0.250. The topological polar surface area (TPSA) is 38.7 Å². The van der Waals surface area contributed by atoms with Gasteiger partial charge in [-0.15, -0.1) is 5.10 Å². The molecule has 1 rings (SSSR count). The van der Waals surface area contributed by atoms with Gasteiger partial charge in [-0.3, -0.25) is 0 Å². The fourth-order valence-electron chi connectivity index (χ4n) is 0.386. The largest absolute Gasteiger partial charge is 0.236 e. The Morgan fingerprint density at radius 2 is 2.44 bits per heavy atom. The molecule has 9 heavy (non-hydrogen) atoms.